The van der Waals surface area contributed by atoms with Crippen LogP contribution >= 0.6 is 12.4 Å². The summed E-state index contributed by atoms with van der Waals surface area (Å²) in [6, 6.07) is 5.93. The van der Waals surface area contributed by atoms with E-state index in [1.807, 2.05) is 25.1 Å². The maximum Gasteiger partial charge on any atom is 0.259 e. The number of anilines is 1. The SMILES string of the molecule is Cc1ccc(NC(=O)[C@H]2CCN[C@@H](C)C2)c(OCC(=O)N(C)C)c1.Cl. The number of hydrogen-bond acceptors (Lipinski definition) is 4. The molecule has 2 N–H and O–H groups in total. The maximum absolute atomic E-state index is 12.5. The summed E-state index contributed by atoms with van der Waals surface area (Å²) in [5.41, 5.74) is 1.62. The lowest BCUT2D eigenvalue weighted by Crippen LogP contribution is -2.40. The van der Waals surface area contributed by atoms with E-state index >= 15 is 0 Å². The average molecular weight is 370 g/mol. The van der Waals surface area contributed by atoms with Crippen molar-refractivity contribution >= 4 is 29.9 Å². The third-order valence-electron chi connectivity index (χ3n) is 4.24. The van der Waals surface area contributed by atoms with Crippen LogP contribution in [0.4, 0.5) is 5.69 Å². The third-order valence-corrected chi connectivity index (χ3v) is 4.24. The topological polar surface area (TPSA) is 70.7 Å². The molecular formula is C18H28ClN3O3. The second kappa shape index (κ2) is 9.63. The number of hydrogen-bond donors (Lipinski definition) is 2. The summed E-state index contributed by atoms with van der Waals surface area (Å²) in [5, 5.41) is 6.31. The number of rotatable bonds is 5. The molecule has 0 saturated carbocycles. The van der Waals surface area contributed by atoms with Crippen molar-refractivity contribution in [2.45, 2.75) is 32.7 Å². The summed E-state index contributed by atoms with van der Waals surface area (Å²) in [4.78, 5) is 25.7. The van der Waals surface area contributed by atoms with Gasteiger partial charge in [-0.3, -0.25) is 9.59 Å². The number of amides is 2. The predicted molar refractivity (Wildman–Crippen MR) is 101 cm³/mol. The lowest BCUT2D eigenvalue weighted by Gasteiger charge is -2.27. The lowest BCUT2D eigenvalue weighted by molar-refractivity contribution is -0.130. The van der Waals surface area contributed by atoms with Crippen LogP contribution in [-0.2, 0) is 9.59 Å². The molecule has 0 radical (unpaired) electrons. The van der Waals surface area contributed by atoms with Gasteiger partial charge in [-0.1, -0.05) is 6.07 Å². The van der Waals surface area contributed by atoms with Gasteiger partial charge in [-0.2, -0.15) is 0 Å². The summed E-state index contributed by atoms with van der Waals surface area (Å²) in [5.74, 6) is 0.413. The molecule has 1 fully saturated rings. The molecule has 1 aromatic rings. The van der Waals surface area contributed by atoms with Crippen LogP contribution < -0.4 is 15.4 Å². The van der Waals surface area contributed by atoms with Gasteiger partial charge in [0.15, 0.2) is 6.61 Å². The Morgan fingerprint density at radius 1 is 1.36 bits per heavy atom. The van der Waals surface area contributed by atoms with Gasteiger partial charge >= 0.3 is 0 Å². The predicted octanol–water partition coefficient (Wildman–Crippen LogP) is 2.21. The van der Waals surface area contributed by atoms with Crippen LogP contribution in [0.1, 0.15) is 25.3 Å². The molecule has 1 heterocycles. The molecule has 0 aromatic heterocycles. The highest BCUT2D eigenvalue weighted by molar-refractivity contribution is 5.94. The monoisotopic (exact) mass is 369 g/mol. The highest BCUT2D eigenvalue weighted by atomic mass is 35.5. The van der Waals surface area contributed by atoms with E-state index in [-0.39, 0.29) is 36.7 Å². The minimum Gasteiger partial charge on any atom is -0.482 e. The largest absolute Gasteiger partial charge is 0.482 e. The molecule has 25 heavy (non-hydrogen) atoms. The van der Waals surface area contributed by atoms with E-state index in [0.717, 1.165) is 24.9 Å². The summed E-state index contributed by atoms with van der Waals surface area (Å²) >= 11 is 0. The molecule has 0 spiro atoms. The minimum atomic E-state index is -0.124. The third kappa shape index (κ3) is 6.21. The number of nitrogens with one attached hydrogen (secondary N) is 2. The maximum atomic E-state index is 12.5. The Morgan fingerprint density at radius 3 is 2.72 bits per heavy atom. The molecule has 2 atom stereocenters. The summed E-state index contributed by atoms with van der Waals surface area (Å²) in [7, 11) is 3.37. The molecule has 1 aromatic carbocycles. The zero-order valence-corrected chi connectivity index (χ0v) is 16.1. The molecule has 6 nitrogen and oxygen atoms in total. The van der Waals surface area contributed by atoms with E-state index in [4.69, 9.17) is 4.74 Å². The Kier molecular flexibility index (Phi) is 8.19. The van der Waals surface area contributed by atoms with Gasteiger partial charge in [0.25, 0.3) is 5.91 Å². The molecule has 140 valence electrons. The molecular weight excluding hydrogens is 342 g/mol. The van der Waals surface area contributed by atoms with Gasteiger partial charge in [-0.15, -0.1) is 12.4 Å². The quantitative estimate of drug-likeness (QED) is 0.834. The van der Waals surface area contributed by atoms with Gasteiger partial charge in [0, 0.05) is 26.1 Å². The van der Waals surface area contributed by atoms with Gasteiger partial charge in [0.1, 0.15) is 5.75 Å². The minimum absolute atomic E-state index is 0. The zero-order valence-electron chi connectivity index (χ0n) is 15.3. The fourth-order valence-corrected chi connectivity index (χ4v) is 2.73. The van der Waals surface area contributed by atoms with Crippen molar-refractivity contribution in [3.05, 3.63) is 23.8 Å². The van der Waals surface area contributed by atoms with E-state index in [1.54, 1.807) is 14.1 Å². The molecule has 0 bridgehead atoms. The number of carbonyl (C=O) groups is 2. The molecule has 7 heteroatoms. The van der Waals surface area contributed by atoms with Gasteiger partial charge < -0.3 is 20.3 Å². The first kappa shape index (κ1) is 21.3. The number of aryl methyl sites for hydroxylation is 1. The normalized spacial score (nSPS) is 19.5. The molecule has 2 amide bonds. The lowest BCUT2D eigenvalue weighted by atomic mass is 9.92. The number of halogens is 1. The highest BCUT2D eigenvalue weighted by Crippen LogP contribution is 2.27. The summed E-state index contributed by atoms with van der Waals surface area (Å²) in [6.45, 7) is 4.84. The number of benzene rings is 1. The van der Waals surface area contributed by atoms with Crippen molar-refractivity contribution in [1.82, 2.24) is 10.2 Å². The molecule has 0 aliphatic carbocycles. The van der Waals surface area contributed by atoms with Crippen LogP contribution in [-0.4, -0.2) is 50.0 Å². The van der Waals surface area contributed by atoms with Crippen molar-refractivity contribution in [1.29, 1.82) is 0 Å². The number of likely N-dealkylation sites (N-methyl/N-ethyl adjacent to an activating group) is 1. The Morgan fingerprint density at radius 2 is 2.08 bits per heavy atom. The van der Waals surface area contributed by atoms with Crippen LogP contribution in [0.25, 0.3) is 0 Å². The molecule has 1 aliphatic rings. The van der Waals surface area contributed by atoms with Gasteiger partial charge in [-0.25, -0.2) is 0 Å². The number of piperidine rings is 1. The zero-order chi connectivity index (χ0) is 17.7. The summed E-state index contributed by atoms with van der Waals surface area (Å²) < 4.78 is 5.63. The highest BCUT2D eigenvalue weighted by Gasteiger charge is 2.25. The van der Waals surface area contributed by atoms with Gasteiger partial charge in [0.05, 0.1) is 5.69 Å². The van der Waals surface area contributed by atoms with E-state index in [0.29, 0.717) is 17.5 Å². The number of nitrogens with zero attached hydrogens (tertiary/aromatic N) is 1. The first-order valence-corrected chi connectivity index (χ1v) is 8.34. The first-order chi connectivity index (χ1) is 11.4. The second-order valence-electron chi connectivity index (χ2n) is 6.64. The molecule has 2 rings (SSSR count). The average Bonchev–Trinajstić information content (AvgIpc) is 2.54. The van der Waals surface area contributed by atoms with Crippen molar-refractivity contribution < 1.29 is 14.3 Å². The van der Waals surface area contributed by atoms with Crippen molar-refractivity contribution in [2.75, 3.05) is 32.6 Å². The van der Waals surface area contributed by atoms with Gasteiger partial charge in [-0.05, 0) is 50.9 Å². The second-order valence-corrected chi connectivity index (χ2v) is 6.64. The number of carbonyl (C=O) groups excluding carboxylic acids is 2. The molecule has 1 aliphatic heterocycles. The fourth-order valence-electron chi connectivity index (χ4n) is 2.73. The Labute approximate surface area is 155 Å². The standard InChI is InChI=1S/C18H27N3O3.ClH/c1-12-5-6-15(16(9-12)24-11-17(22)21(3)4)20-18(23)14-7-8-19-13(2)10-14;/h5-6,9,13-14,19H,7-8,10-11H2,1-4H3,(H,20,23);1H/t13-,14-;/m0./s1. The van der Waals surface area contributed by atoms with Crippen LogP contribution in [0.3, 0.4) is 0 Å². The van der Waals surface area contributed by atoms with Crippen molar-refractivity contribution in [2.24, 2.45) is 5.92 Å². The molecule has 1 saturated heterocycles. The van der Waals surface area contributed by atoms with E-state index < -0.39 is 0 Å². The Hall–Kier alpha value is -1.79. The van der Waals surface area contributed by atoms with Crippen LogP contribution in [0.2, 0.25) is 0 Å². The summed E-state index contributed by atoms with van der Waals surface area (Å²) in [6.07, 6.45) is 1.66. The van der Waals surface area contributed by atoms with Crippen LogP contribution in [0.5, 0.6) is 5.75 Å². The van der Waals surface area contributed by atoms with Crippen molar-refractivity contribution in [3.8, 4) is 5.75 Å². The first-order valence-electron chi connectivity index (χ1n) is 8.34. The van der Waals surface area contributed by atoms with Crippen molar-refractivity contribution in [3.63, 3.8) is 0 Å². The van der Waals surface area contributed by atoms with Crippen LogP contribution in [0.15, 0.2) is 18.2 Å². The Balaban J connectivity index is 0.00000312. The molecule has 0 unspecified atom stereocenters. The van der Waals surface area contributed by atoms with E-state index in [1.165, 1.54) is 4.90 Å². The van der Waals surface area contributed by atoms with Crippen LogP contribution in [0, 0.1) is 12.8 Å². The Bertz CT molecular complexity index is 607. The van der Waals surface area contributed by atoms with Gasteiger partial charge in [0.2, 0.25) is 5.91 Å². The number of ether oxygens (including phenoxy) is 1. The fraction of sp³-hybridized carbons (Fsp3) is 0.556. The van der Waals surface area contributed by atoms with E-state index in [9.17, 15) is 9.59 Å². The smallest absolute Gasteiger partial charge is 0.259 e. The van der Waals surface area contributed by atoms with E-state index in [2.05, 4.69) is 17.6 Å².